The normalized spacial score (nSPS) is 11.7. The van der Waals surface area contributed by atoms with Gasteiger partial charge in [-0.2, -0.15) is 0 Å². The number of hydrogen-bond acceptors (Lipinski definition) is 2. The number of aromatic nitrogens is 3. The van der Waals surface area contributed by atoms with Gasteiger partial charge in [-0.05, 0) is 62.5 Å². The molecular weight excluding hydrogens is 754 g/mol. The Hall–Kier alpha value is -3.02. The van der Waals surface area contributed by atoms with Gasteiger partial charge >= 0.3 is 0 Å². The van der Waals surface area contributed by atoms with Crippen molar-refractivity contribution in [1.29, 1.82) is 0 Å². The Labute approximate surface area is 322 Å². The molecule has 0 aliphatic heterocycles. The minimum absolute atomic E-state index is 0.858. The Bertz CT molecular complexity index is 1980. The number of fused-ring (bicyclic) bond motifs is 4. The minimum Gasteiger partial charge on any atom is -0.340 e. The SMILES string of the molecule is CCCCCCCCCCCCCCCCCCCCn1c2ccccc2c2ccc(-c3nc4c(Br)ccc(Br)c4nc3-c3ccccc3)cc21. The summed E-state index contributed by atoms with van der Waals surface area (Å²) in [7, 11) is 0. The monoisotopic (exact) mass is 807 g/mol. The van der Waals surface area contributed by atoms with E-state index in [0.717, 1.165) is 49.0 Å². The summed E-state index contributed by atoms with van der Waals surface area (Å²) in [6.45, 7) is 3.33. The van der Waals surface area contributed by atoms with Gasteiger partial charge < -0.3 is 4.57 Å². The lowest BCUT2D eigenvalue weighted by Gasteiger charge is -2.13. The third kappa shape index (κ3) is 9.90. The van der Waals surface area contributed by atoms with E-state index in [-0.39, 0.29) is 0 Å². The zero-order chi connectivity index (χ0) is 35.3. The molecule has 2 aromatic heterocycles. The molecule has 0 spiro atoms. The predicted molar refractivity (Wildman–Crippen MR) is 228 cm³/mol. The third-order valence-electron chi connectivity index (χ3n) is 10.6. The van der Waals surface area contributed by atoms with Gasteiger partial charge in [0, 0.05) is 48.4 Å². The number of nitrogens with zero attached hydrogens (tertiary/aromatic N) is 3. The summed E-state index contributed by atoms with van der Waals surface area (Å²) < 4.78 is 4.43. The molecule has 0 saturated heterocycles. The topological polar surface area (TPSA) is 30.7 Å². The molecule has 0 bridgehead atoms. The number of unbranched alkanes of at least 4 members (excludes halogenated alkanes) is 17. The second-order valence-electron chi connectivity index (χ2n) is 14.4. The fraction of sp³-hybridized carbons (Fsp3) is 0.435. The summed E-state index contributed by atoms with van der Waals surface area (Å²) in [5.74, 6) is 0. The number of rotatable bonds is 21. The van der Waals surface area contributed by atoms with E-state index in [4.69, 9.17) is 9.97 Å². The summed E-state index contributed by atoms with van der Waals surface area (Å²) in [5.41, 5.74) is 8.25. The van der Waals surface area contributed by atoms with Crippen molar-refractivity contribution in [2.75, 3.05) is 0 Å². The largest absolute Gasteiger partial charge is 0.340 e. The molecule has 4 aromatic carbocycles. The first-order chi connectivity index (χ1) is 25.2. The highest BCUT2D eigenvalue weighted by Gasteiger charge is 2.18. The number of para-hydroxylation sites is 1. The Morgan fingerprint density at radius 2 is 0.922 bits per heavy atom. The van der Waals surface area contributed by atoms with Crippen LogP contribution in [-0.4, -0.2) is 14.5 Å². The summed E-state index contributed by atoms with van der Waals surface area (Å²) in [5, 5.41) is 2.62. The van der Waals surface area contributed by atoms with E-state index in [1.807, 2.05) is 12.1 Å². The number of halogens is 2. The minimum atomic E-state index is 0.858. The van der Waals surface area contributed by atoms with Gasteiger partial charge in [-0.15, -0.1) is 0 Å². The van der Waals surface area contributed by atoms with Crippen LogP contribution in [-0.2, 0) is 6.54 Å². The van der Waals surface area contributed by atoms with Crippen molar-refractivity contribution in [1.82, 2.24) is 14.5 Å². The van der Waals surface area contributed by atoms with Crippen molar-refractivity contribution in [3.05, 3.63) is 93.9 Å². The molecule has 0 atom stereocenters. The van der Waals surface area contributed by atoms with Gasteiger partial charge in [0.15, 0.2) is 0 Å². The van der Waals surface area contributed by atoms with E-state index in [1.165, 1.54) is 137 Å². The van der Waals surface area contributed by atoms with Gasteiger partial charge in [0.25, 0.3) is 0 Å². The predicted octanol–water partition coefficient (Wildman–Crippen LogP) is 15.6. The molecule has 0 amide bonds. The summed E-state index contributed by atoms with van der Waals surface area (Å²) >= 11 is 7.47. The van der Waals surface area contributed by atoms with Gasteiger partial charge in [0.2, 0.25) is 0 Å². The van der Waals surface area contributed by atoms with Gasteiger partial charge in [0.1, 0.15) is 11.0 Å². The highest BCUT2D eigenvalue weighted by molar-refractivity contribution is 9.11. The number of hydrogen-bond donors (Lipinski definition) is 0. The van der Waals surface area contributed by atoms with E-state index in [0.29, 0.717) is 0 Å². The Kier molecular flexibility index (Phi) is 14.6. The smallest absolute Gasteiger partial charge is 0.105 e. The standard InChI is InChI=1S/C46H55Br2N3/c1-2-3-4-5-6-7-8-9-10-11-12-13-14-15-16-17-18-24-33-51-41-28-23-22-27-37(41)38-30-29-36(34-42(38)51)44-43(35-25-20-19-21-26-35)49-45-39(47)31-32-40(48)46(45)50-44/h19-23,25-32,34H,2-18,24,33H2,1H3. The molecule has 0 fully saturated rings. The summed E-state index contributed by atoms with van der Waals surface area (Å²) in [4.78, 5) is 10.5. The molecule has 0 unspecified atom stereocenters. The molecule has 0 saturated carbocycles. The molecule has 5 heteroatoms. The van der Waals surface area contributed by atoms with E-state index >= 15 is 0 Å². The first-order valence-corrected chi connectivity index (χ1v) is 21.5. The molecule has 0 aliphatic carbocycles. The average Bonchev–Trinajstić information content (AvgIpc) is 3.48. The van der Waals surface area contributed by atoms with Crippen LogP contribution < -0.4 is 0 Å². The van der Waals surface area contributed by atoms with Crippen LogP contribution in [0.2, 0.25) is 0 Å². The fourth-order valence-corrected chi connectivity index (χ4v) is 8.50. The van der Waals surface area contributed by atoms with Crippen LogP contribution >= 0.6 is 31.9 Å². The molecule has 6 aromatic rings. The molecule has 268 valence electrons. The van der Waals surface area contributed by atoms with E-state index in [9.17, 15) is 0 Å². The van der Waals surface area contributed by atoms with Gasteiger partial charge in [0.05, 0.1) is 11.4 Å². The molecule has 0 aliphatic rings. The molecule has 0 N–H and O–H groups in total. The van der Waals surface area contributed by atoms with E-state index in [1.54, 1.807) is 0 Å². The fourth-order valence-electron chi connectivity index (χ4n) is 7.68. The first kappa shape index (κ1) is 37.7. The molecule has 2 heterocycles. The van der Waals surface area contributed by atoms with E-state index in [2.05, 4.69) is 116 Å². The maximum absolute atomic E-state index is 5.28. The van der Waals surface area contributed by atoms with Crippen molar-refractivity contribution in [3.63, 3.8) is 0 Å². The zero-order valence-electron chi connectivity index (χ0n) is 30.6. The van der Waals surface area contributed by atoms with Crippen molar-refractivity contribution in [3.8, 4) is 22.5 Å². The van der Waals surface area contributed by atoms with Crippen LogP contribution in [0.5, 0.6) is 0 Å². The average molecular weight is 810 g/mol. The lowest BCUT2D eigenvalue weighted by Crippen LogP contribution is -1.99. The molecular formula is C46H55Br2N3. The molecule has 0 radical (unpaired) electrons. The van der Waals surface area contributed by atoms with Gasteiger partial charge in [-0.25, -0.2) is 9.97 Å². The zero-order valence-corrected chi connectivity index (χ0v) is 33.8. The van der Waals surface area contributed by atoms with Crippen molar-refractivity contribution in [2.24, 2.45) is 0 Å². The van der Waals surface area contributed by atoms with Crippen molar-refractivity contribution in [2.45, 2.75) is 129 Å². The van der Waals surface area contributed by atoms with Crippen LogP contribution in [0.4, 0.5) is 0 Å². The maximum atomic E-state index is 5.28. The van der Waals surface area contributed by atoms with E-state index < -0.39 is 0 Å². The second kappa shape index (κ2) is 19.7. The Morgan fingerprint density at radius 1 is 0.451 bits per heavy atom. The lowest BCUT2D eigenvalue weighted by atomic mass is 10.0. The van der Waals surface area contributed by atoms with Gasteiger partial charge in [-0.3, -0.25) is 0 Å². The quantitative estimate of drug-likeness (QED) is 0.0678. The van der Waals surface area contributed by atoms with Crippen LogP contribution in [0.1, 0.15) is 122 Å². The molecule has 51 heavy (non-hydrogen) atoms. The Morgan fingerprint density at radius 3 is 1.49 bits per heavy atom. The second-order valence-corrected chi connectivity index (χ2v) is 16.1. The lowest BCUT2D eigenvalue weighted by molar-refractivity contribution is 0.521. The van der Waals surface area contributed by atoms with Crippen molar-refractivity contribution < 1.29 is 0 Å². The number of benzene rings is 4. The van der Waals surface area contributed by atoms with Crippen LogP contribution in [0, 0.1) is 0 Å². The molecule has 3 nitrogen and oxygen atoms in total. The summed E-state index contributed by atoms with van der Waals surface area (Å²) in [6.07, 6.45) is 25.2. The van der Waals surface area contributed by atoms with Crippen LogP contribution in [0.25, 0.3) is 55.4 Å². The first-order valence-electron chi connectivity index (χ1n) is 19.9. The third-order valence-corrected chi connectivity index (χ3v) is 11.8. The van der Waals surface area contributed by atoms with Gasteiger partial charge in [-0.1, -0.05) is 177 Å². The van der Waals surface area contributed by atoms with Crippen LogP contribution in [0.3, 0.4) is 0 Å². The highest BCUT2D eigenvalue weighted by atomic mass is 79.9. The van der Waals surface area contributed by atoms with Crippen molar-refractivity contribution >= 4 is 64.7 Å². The van der Waals surface area contributed by atoms with Crippen LogP contribution in [0.15, 0.2) is 93.9 Å². The number of aryl methyl sites for hydroxylation is 1. The Balaban J connectivity index is 1.06. The summed E-state index contributed by atoms with van der Waals surface area (Å²) in [6, 6.07) is 30.2. The maximum Gasteiger partial charge on any atom is 0.105 e. The molecule has 6 rings (SSSR count). The highest BCUT2D eigenvalue weighted by Crippen LogP contribution is 2.38.